The Hall–Kier alpha value is -2.87. The number of hydrogen-bond donors (Lipinski definition) is 1. The van der Waals surface area contributed by atoms with Crippen LogP contribution in [0.3, 0.4) is 0 Å². The van der Waals surface area contributed by atoms with Gasteiger partial charge in [-0.05, 0) is 29.8 Å². The van der Waals surface area contributed by atoms with E-state index in [9.17, 15) is 9.18 Å². The van der Waals surface area contributed by atoms with E-state index in [-0.39, 0.29) is 17.9 Å². The van der Waals surface area contributed by atoms with Crippen LogP contribution in [0.15, 0.2) is 42.5 Å². The molecule has 0 aliphatic rings. The second-order valence-electron chi connectivity index (χ2n) is 4.02. The fourth-order valence-corrected chi connectivity index (χ4v) is 1.71. The lowest BCUT2D eigenvalue weighted by Crippen LogP contribution is -2.05. The summed E-state index contributed by atoms with van der Waals surface area (Å²) in [5.74, 6) is -2.30. The Morgan fingerprint density at radius 1 is 1.30 bits per heavy atom. The topological polar surface area (TPSA) is 70.3 Å². The minimum atomic E-state index is -1.26. The van der Waals surface area contributed by atoms with Crippen LogP contribution in [0, 0.1) is 17.1 Å². The van der Waals surface area contributed by atoms with Gasteiger partial charge in [-0.2, -0.15) is 5.26 Å². The van der Waals surface area contributed by atoms with E-state index in [1.165, 1.54) is 12.1 Å². The summed E-state index contributed by atoms with van der Waals surface area (Å²) in [6, 6.07) is 12.3. The van der Waals surface area contributed by atoms with E-state index in [1.807, 2.05) is 6.07 Å². The molecule has 2 rings (SSSR count). The highest BCUT2D eigenvalue weighted by Crippen LogP contribution is 2.23. The van der Waals surface area contributed by atoms with Crippen molar-refractivity contribution in [1.29, 1.82) is 5.26 Å². The van der Waals surface area contributed by atoms with E-state index in [2.05, 4.69) is 0 Å². The molecule has 2 aromatic carbocycles. The van der Waals surface area contributed by atoms with Gasteiger partial charge in [0, 0.05) is 0 Å². The zero-order valence-electron chi connectivity index (χ0n) is 10.3. The minimum Gasteiger partial charge on any atom is -0.485 e. The molecule has 0 amide bonds. The lowest BCUT2D eigenvalue weighted by atomic mass is 10.1. The van der Waals surface area contributed by atoms with Crippen molar-refractivity contribution in [2.45, 2.75) is 6.61 Å². The lowest BCUT2D eigenvalue weighted by molar-refractivity contribution is 0.0690. The SMILES string of the molecule is N#Cc1cccc(COc2c(F)cccc2C(=O)O)c1. The Morgan fingerprint density at radius 2 is 2.05 bits per heavy atom. The molecule has 0 spiro atoms. The summed E-state index contributed by atoms with van der Waals surface area (Å²) in [7, 11) is 0. The molecule has 0 aliphatic heterocycles. The van der Waals surface area contributed by atoms with Crippen LogP contribution in [0.1, 0.15) is 21.5 Å². The molecule has 0 fully saturated rings. The average Bonchev–Trinajstić information content (AvgIpc) is 2.45. The highest BCUT2D eigenvalue weighted by atomic mass is 19.1. The van der Waals surface area contributed by atoms with Gasteiger partial charge in [-0.15, -0.1) is 0 Å². The Balaban J connectivity index is 2.23. The maximum absolute atomic E-state index is 13.6. The van der Waals surface area contributed by atoms with E-state index < -0.39 is 11.8 Å². The van der Waals surface area contributed by atoms with E-state index in [0.29, 0.717) is 11.1 Å². The van der Waals surface area contributed by atoms with Gasteiger partial charge < -0.3 is 9.84 Å². The van der Waals surface area contributed by atoms with Crippen molar-refractivity contribution in [3.8, 4) is 11.8 Å². The summed E-state index contributed by atoms with van der Waals surface area (Å²) in [6.07, 6.45) is 0. The Bertz CT molecular complexity index is 692. The van der Waals surface area contributed by atoms with Crippen molar-refractivity contribution < 1.29 is 19.0 Å². The molecule has 100 valence electrons. The summed E-state index contributed by atoms with van der Waals surface area (Å²) in [5, 5.41) is 17.8. The van der Waals surface area contributed by atoms with Crippen LogP contribution in [0.25, 0.3) is 0 Å². The first-order valence-electron chi connectivity index (χ1n) is 5.75. The highest BCUT2D eigenvalue weighted by Gasteiger charge is 2.15. The predicted molar refractivity (Wildman–Crippen MR) is 68.8 cm³/mol. The first-order valence-corrected chi connectivity index (χ1v) is 5.75. The largest absolute Gasteiger partial charge is 0.485 e. The Labute approximate surface area is 114 Å². The standard InChI is InChI=1S/C15H10FNO3/c16-13-6-2-5-12(15(18)19)14(13)20-9-11-4-1-3-10(7-11)8-17/h1-7H,9H2,(H,18,19). The number of nitrogens with zero attached hydrogens (tertiary/aromatic N) is 1. The van der Waals surface area contributed by atoms with E-state index >= 15 is 0 Å². The van der Waals surface area contributed by atoms with Crippen LogP contribution in [0.5, 0.6) is 5.75 Å². The molecule has 4 nitrogen and oxygen atoms in total. The fraction of sp³-hybridized carbons (Fsp3) is 0.0667. The molecular formula is C15H10FNO3. The number of ether oxygens (including phenoxy) is 1. The maximum Gasteiger partial charge on any atom is 0.339 e. The summed E-state index contributed by atoms with van der Waals surface area (Å²) < 4.78 is 18.9. The third-order valence-corrected chi connectivity index (χ3v) is 2.64. The van der Waals surface area contributed by atoms with Crippen LogP contribution in [-0.2, 0) is 6.61 Å². The maximum atomic E-state index is 13.6. The van der Waals surface area contributed by atoms with Crippen molar-refractivity contribution >= 4 is 5.97 Å². The zero-order valence-corrected chi connectivity index (χ0v) is 10.3. The second kappa shape index (κ2) is 5.85. The molecule has 0 saturated heterocycles. The summed E-state index contributed by atoms with van der Waals surface area (Å²) >= 11 is 0. The molecule has 0 unspecified atom stereocenters. The number of carboxylic acids is 1. The van der Waals surface area contributed by atoms with Gasteiger partial charge >= 0.3 is 5.97 Å². The number of para-hydroxylation sites is 1. The van der Waals surface area contributed by atoms with Gasteiger partial charge in [0.2, 0.25) is 0 Å². The number of benzene rings is 2. The minimum absolute atomic E-state index is 0.0171. The smallest absolute Gasteiger partial charge is 0.339 e. The van der Waals surface area contributed by atoms with Crippen LogP contribution in [-0.4, -0.2) is 11.1 Å². The first kappa shape index (κ1) is 13.6. The molecule has 0 heterocycles. The van der Waals surface area contributed by atoms with Crippen molar-refractivity contribution in [3.63, 3.8) is 0 Å². The van der Waals surface area contributed by atoms with Gasteiger partial charge in [-0.25, -0.2) is 9.18 Å². The van der Waals surface area contributed by atoms with E-state index in [0.717, 1.165) is 6.07 Å². The lowest BCUT2D eigenvalue weighted by Gasteiger charge is -2.10. The normalized spacial score (nSPS) is 9.80. The van der Waals surface area contributed by atoms with Crippen LogP contribution >= 0.6 is 0 Å². The Kier molecular flexibility index (Phi) is 3.96. The average molecular weight is 271 g/mol. The molecule has 0 radical (unpaired) electrons. The second-order valence-corrected chi connectivity index (χ2v) is 4.02. The van der Waals surface area contributed by atoms with Gasteiger partial charge in [-0.3, -0.25) is 0 Å². The molecular weight excluding hydrogens is 261 g/mol. The zero-order chi connectivity index (χ0) is 14.5. The molecule has 5 heteroatoms. The molecule has 0 bridgehead atoms. The number of aromatic carboxylic acids is 1. The van der Waals surface area contributed by atoms with Crippen molar-refractivity contribution in [2.75, 3.05) is 0 Å². The molecule has 2 aromatic rings. The Morgan fingerprint density at radius 3 is 2.75 bits per heavy atom. The number of rotatable bonds is 4. The monoisotopic (exact) mass is 271 g/mol. The van der Waals surface area contributed by atoms with E-state index in [1.54, 1.807) is 24.3 Å². The van der Waals surface area contributed by atoms with Gasteiger partial charge in [0.05, 0.1) is 11.6 Å². The quantitative estimate of drug-likeness (QED) is 0.928. The molecule has 0 aliphatic carbocycles. The van der Waals surface area contributed by atoms with Crippen LogP contribution < -0.4 is 4.74 Å². The number of halogens is 1. The van der Waals surface area contributed by atoms with Gasteiger partial charge in [0.15, 0.2) is 11.6 Å². The number of nitriles is 1. The van der Waals surface area contributed by atoms with Gasteiger partial charge in [0.25, 0.3) is 0 Å². The molecule has 20 heavy (non-hydrogen) atoms. The number of carboxylic acid groups (broad SMARTS) is 1. The van der Waals surface area contributed by atoms with E-state index in [4.69, 9.17) is 15.1 Å². The molecule has 1 N–H and O–H groups in total. The summed E-state index contributed by atoms with van der Waals surface area (Å²) in [5.41, 5.74) is 0.878. The summed E-state index contributed by atoms with van der Waals surface area (Å²) in [6.45, 7) is -0.0171. The van der Waals surface area contributed by atoms with Gasteiger partial charge in [0.1, 0.15) is 12.2 Å². The predicted octanol–water partition coefficient (Wildman–Crippen LogP) is 2.97. The molecule has 0 saturated carbocycles. The third-order valence-electron chi connectivity index (χ3n) is 2.64. The summed E-state index contributed by atoms with van der Waals surface area (Å²) in [4.78, 5) is 11.0. The van der Waals surface area contributed by atoms with Crippen LogP contribution in [0.4, 0.5) is 4.39 Å². The first-order chi connectivity index (χ1) is 9.61. The highest BCUT2D eigenvalue weighted by molar-refractivity contribution is 5.90. The number of carbonyl (C=O) groups is 1. The molecule has 0 atom stereocenters. The van der Waals surface area contributed by atoms with Crippen LogP contribution in [0.2, 0.25) is 0 Å². The van der Waals surface area contributed by atoms with Crippen molar-refractivity contribution in [3.05, 3.63) is 65.0 Å². The van der Waals surface area contributed by atoms with Crippen molar-refractivity contribution in [2.24, 2.45) is 0 Å². The number of hydrogen-bond acceptors (Lipinski definition) is 3. The fourth-order valence-electron chi connectivity index (χ4n) is 1.71. The third kappa shape index (κ3) is 2.93. The van der Waals surface area contributed by atoms with Gasteiger partial charge in [-0.1, -0.05) is 18.2 Å². The van der Waals surface area contributed by atoms with Crippen molar-refractivity contribution in [1.82, 2.24) is 0 Å². The molecule has 0 aromatic heterocycles.